The Morgan fingerprint density at radius 2 is 1.93 bits per heavy atom. The number of alkyl halides is 3. The first-order valence-electron chi connectivity index (χ1n) is 7.85. The number of hydrogen-bond acceptors (Lipinski definition) is 4. The van der Waals surface area contributed by atoms with Crippen molar-refractivity contribution in [1.82, 2.24) is 0 Å². The molecule has 0 fully saturated rings. The van der Waals surface area contributed by atoms with Crippen molar-refractivity contribution < 1.29 is 26.4 Å². The zero-order valence-corrected chi connectivity index (χ0v) is 15.6. The van der Waals surface area contributed by atoms with Crippen molar-refractivity contribution in [2.75, 3.05) is 10.0 Å². The van der Waals surface area contributed by atoms with Gasteiger partial charge in [-0.3, -0.25) is 9.52 Å². The molecule has 0 aliphatic carbocycles. The van der Waals surface area contributed by atoms with Crippen molar-refractivity contribution in [1.29, 1.82) is 0 Å². The standard InChI is InChI=1S/C17H15F3N2O3S2/c1-10-7-16(23)21-14-9-13(5-6-15(14)26-10)27(24,25)22-12-4-2-3-11(8-12)17(18,19)20/h2-6,8-10,22H,7H2,1H3,(H,21,23). The van der Waals surface area contributed by atoms with Crippen LogP contribution in [0, 0.1) is 0 Å². The molecule has 27 heavy (non-hydrogen) atoms. The highest BCUT2D eigenvalue weighted by molar-refractivity contribution is 8.00. The maximum atomic E-state index is 12.8. The minimum Gasteiger partial charge on any atom is -0.325 e. The average Bonchev–Trinajstić information content (AvgIpc) is 2.69. The maximum absolute atomic E-state index is 12.8. The van der Waals surface area contributed by atoms with Crippen LogP contribution in [-0.2, 0) is 21.0 Å². The van der Waals surface area contributed by atoms with Crippen LogP contribution in [-0.4, -0.2) is 19.6 Å². The van der Waals surface area contributed by atoms with E-state index in [1.165, 1.54) is 30.0 Å². The van der Waals surface area contributed by atoms with Crippen molar-refractivity contribution in [3.63, 3.8) is 0 Å². The van der Waals surface area contributed by atoms with Crippen LogP contribution in [0.4, 0.5) is 24.5 Å². The summed E-state index contributed by atoms with van der Waals surface area (Å²) in [6, 6.07) is 8.16. The molecule has 1 aliphatic rings. The average molecular weight is 416 g/mol. The van der Waals surface area contributed by atoms with Gasteiger partial charge in [0.05, 0.1) is 16.1 Å². The van der Waals surface area contributed by atoms with E-state index in [4.69, 9.17) is 0 Å². The van der Waals surface area contributed by atoms with Gasteiger partial charge in [0.15, 0.2) is 0 Å². The van der Waals surface area contributed by atoms with Crippen LogP contribution in [0.5, 0.6) is 0 Å². The summed E-state index contributed by atoms with van der Waals surface area (Å²) < 4.78 is 65.7. The highest BCUT2D eigenvalue weighted by Crippen LogP contribution is 2.37. The van der Waals surface area contributed by atoms with Gasteiger partial charge in [-0.25, -0.2) is 8.42 Å². The van der Waals surface area contributed by atoms with Crippen molar-refractivity contribution in [2.24, 2.45) is 0 Å². The molecule has 0 radical (unpaired) electrons. The smallest absolute Gasteiger partial charge is 0.325 e. The van der Waals surface area contributed by atoms with Gasteiger partial charge in [0, 0.05) is 22.3 Å². The summed E-state index contributed by atoms with van der Waals surface area (Å²) in [7, 11) is -4.13. The first-order valence-corrected chi connectivity index (χ1v) is 10.2. The molecule has 1 heterocycles. The predicted molar refractivity (Wildman–Crippen MR) is 97.3 cm³/mol. The fraction of sp³-hybridized carbons (Fsp3) is 0.235. The van der Waals surface area contributed by atoms with E-state index in [-0.39, 0.29) is 21.7 Å². The van der Waals surface area contributed by atoms with Crippen molar-refractivity contribution in [3.8, 4) is 0 Å². The zero-order chi connectivity index (χ0) is 19.8. The lowest BCUT2D eigenvalue weighted by Crippen LogP contribution is -2.15. The third-order valence-corrected chi connectivity index (χ3v) is 6.34. The van der Waals surface area contributed by atoms with Gasteiger partial charge < -0.3 is 5.32 Å². The molecule has 1 unspecified atom stereocenters. The third kappa shape index (κ3) is 4.56. The molecule has 5 nitrogen and oxygen atoms in total. The molecule has 0 saturated carbocycles. The van der Waals surface area contributed by atoms with Gasteiger partial charge >= 0.3 is 6.18 Å². The van der Waals surface area contributed by atoms with Crippen LogP contribution in [0.2, 0.25) is 0 Å². The molecular formula is C17H15F3N2O3S2. The number of rotatable bonds is 3. The number of benzene rings is 2. The molecule has 2 aromatic rings. The second-order valence-corrected chi connectivity index (χ2v) is 9.19. The lowest BCUT2D eigenvalue weighted by Gasteiger charge is -2.13. The second kappa shape index (κ2) is 7.08. The Kier molecular flexibility index (Phi) is 5.13. The van der Waals surface area contributed by atoms with Crippen LogP contribution >= 0.6 is 11.8 Å². The van der Waals surface area contributed by atoms with Crippen LogP contribution in [0.15, 0.2) is 52.3 Å². The normalized spacial score (nSPS) is 17.6. The molecule has 2 aromatic carbocycles. The number of amides is 1. The van der Waals surface area contributed by atoms with Gasteiger partial charge in [0.1, 0.15) is 0 Å². The number of fused-ring (bicyclic) bond motifs is 1. The Bertz CT molecular complexity index is 991. The first-order chi connectivity index (χ1) is 12.5. The van der Waals surface area contributed by atoms with Gasteiger partial charge in [-0.05, 0) is 36.4 Å². The van der Waals surface area contributed by atoms with Gasteiger partial charge in [-0.2, -0.15) is 13.2 Å². The van der Waals surface area contributed by atoms with E-state index in [0.717, 1.165) is 23.1 Å². The highest BCUT2D eigenvalue weighted by atomic mass is 32.2. The Labute approximate surface area is 158 Å². The Hall–Kier alpha value is -2.20. The van der Waals surface area contributed by atoms with Crippen LogP contribution < -0.4 is 10.0 Å². The van der Waals surface area contributed by atoms with E-state index in [1.807, 2.05) is 6.92 Å². The van der Waals surface area contributed by atoms with E-state index in [0.29, 0.717) is 12.1 Å². The molecule has 0 saturated heterocycles. The monoisotopic (exact) mass is 416 g/mol. The summed E-state index contributed by atoms with van der Waals surface area (Å²) in [5.74, 6) is -0.228. The number of carbonyl (C=O) groups is 1. The number of anilines is 2. The van der Waals surface area contributed by atoms with Gasteiger partial charge in [-0.15, -0.1) is 11.8 Å². The zero-order valence-electron chi connectivity index (χ0n) is 14.0. The van der Waals surface area contributed by atoms with E-state index < -0.39 is 21.8 Å². The fourth-order valence-electron chi connectivity index (χ4n) is 2.57. The highest BCUT2D eigenvalue weighted by Gasteiger charge is 2.31. The van der Waals surface area contributed by atoms with Gasteiger partial charge in [-0.1, -0.05) is 13.0 Å². The molecule has 0 aromatic heterocycles. The molecule has 0 spiro atoms. The molecule has 144 valence electrons. The van der Waals surface area contributed by atoms with Crippen molar-refractivity contribution in [2.45, 2.75) is 34.6 Å². The molecule has 3 rings (SSSR count). The van der Waals surface area contributed by atoms with E-state index >= 15 is 0 Å². The Balaban J connectivity index is 1.91. The van der Waals surface area contributed by atoms with Crippen LogP contribution in [0.3, 0.4) is 0 Å². The molecule has 1 atom stereocenters. The minimum absolute atomic E-state index is 0.0388. The Morgan fingerprint density at radius 3 is 2.63 bits per heavy atom. The summed E-state index contributed by atoms with van der Waals surface area (Å²) in [5.41, 5.74) is -0.796. The summed E-state index contributed by atoms with van der Waals surface area (Å²) in [6.45, 7) is 1.89. The topological polar surface area (TPSA) is 75.3 Å². The Morgan fingerprint density at radius 1 is 1.19 bits per heavy atom. The first kappa shape index (κ1) is 19.6. The molecule has 10 heteroatoms. The van der Waals surface area contributed by atoms with Crippen molar-refractivity contribution >= 4 is 39.1 Å². The number of nitrogens with one attached hydrogen (secondary N) is 2. The molecule has 0 bridgehead atoms. The minimum atomic E-state index is -4.58. The van der Waals surface area contributed by atoms with Crippen LogP contribution in [0.1, 0.15) is 18.9 Å². The summed E-state index contributed by atoms with van der Waals surface area (Å²) in [5, 5.41) is 2.70. The van der Waals surface area contributed by atoms with E-state index in [9.17, 15) is 26.4 Å². The number of carbonyl (C=O) groups excluding carboxylic acids is 1. The lowest BCUT2D eigenvalue weighted by atomic mass is 10.2. The SMILES string of the molecule is CC1CC(=O)Nc2cc(S(=O)(=O)Nc3cccc(C(F)(F)F)c3)ccc2S1. The number of hydrogen-bond donors (Lipinski definition) is 2. The molecule has 2 N–H and O–H groups in total. The molecule has 1 aliphatic heterocycles. The largest absolute Gasteiger partial charge is 0.416 e. The fourth-order valence-corrected chi connectivity index (χ4v) is 4.70. The maximum Gasteiger partial charge on any atom is 0.416 e. The van der Waals surface area contributed by atoms with Gasteiger partial charge in [0.2, 0.25) is 5.91 Å². The molecule has 1 amide bonds. The van der Waals surface area contributed by atoms with Crippen LogP contribution in [0.25, 0.3) is 0 Å². The molecular weight excluding hydrogens is 401 g/mol. The van der Waals surface area contributed by atoms with E-state index in [1.54, 1.807) is 6.07 Å². The summed E-state index contributed by atoms with van der Waals surface area (Å²) >= 11 is 1.44. The number of halogens is 3. The third-order valence-electron chi connectivity index (χ3n) is 3.78. The second-order valence-electron chi connectivity index (χ2n) is 6.02. The van der Waals surface area contributed by atoms with Crippen molar-refractivity contribution in [3.05, 3.63) is 48.0 Å². The predicted octanol–water partition coefficient (Wildman–Crippen LogP) is 4.33. The van der Waals surface area contributed by atoms with E-state index in [2.05, 4.69) is 10.0 Å². The lowest BCUT2D eigenvalue weighted by molar-refractivity contribution is -0.137. The number of thioether (sulfide) groups is 1. The quantitative estimate of drug-likeness (QED) is 0.781. The van der Waals surface area contributed by atoms with Gasteiger partial charge in [0.25, 0.3) is 10.0 Å². The summed E-state index contributed by atoms with van der Waals surface area (Å²) in [4.78, 5) is 12.4. The summed E-state index contributed by atoms with van der Waals surface area (Å²) in [6.07, 6.45) is -4.28. The number of sulfonamides is 1.